The van der Waals surface area contributed by atoms with Crippen LogP contribution < -0.4 is 4.90 Å². The van der Waals surface area contributed by atoms with Gasteiger partial charge in [0.1, 0.15) is 6.10 Å². The molecule has 2 bridgehead atoms. The lowest BCUT2D eigenvalue weighted by atomic mass is 9.54. The number of ether oxygens (including phenoxy) is 1. The van der Waals surface area contributed by atoms with E-state index in [0.717, 1.165) is 41.5 Å². The maximum absolute atomic E-state index is 14.3. The second-order valence-electron chi connectivity index (χ2n) is 12.8. The molecule has 0 radical (unpaired) electrons. The summed E-state index contributed by atoms with van der Waals surface area (Å²) < 4.78 is 4.37. The number of halogens is 2. The molecule has 2 fully saturated rings. The van der Waals surface area contributed by atoms with Gasteiger partial charge in [-0.25, -0.2) is 9.69 Å². The van der Waals surface area contributed by atoms with Crippen molar-refractivity contribution in [2.45, 2.75) is 54.8 Å². The van der Waals surface area contributed by atoms with E-state index in [9.17, 15) is 14.4 Å². The summed E-state index contributed by atoms with van der Waals surface area (Å²) >= 11 is 8.09. The van der Waals surface area contributed by atoms with Crippen molar-refractivity contribution in [3.63, 3.8) is 0 Å². The molecule has 3 aromatic rings. The zero-order valence-corrected chi connectivity index (χ0v) is 27.0. The van der Waals surface area contributed by atoms with Gasteiger partial charge in [0, 0.05) is 0 Å². The maximum Gasteiger partial charge on any atom is 0.338 e. The minimum atomic E-state index is -0.838. The molecule has 5 aliphatic rings. The number of alkyl halides is 2. The highest BCUT2D eigenvalue weighted by Crippen LogP contribution is 2.70. The van der Waals surface area contributed by atoms with Gasteiger partial charge in [-0.05, 0) is 77.1 Å². The van der Waals surface area contributed by atoms with Crippen molar-refractivity contribution in [1.29, 1.82) is 0 Å². The molecule has 1 saturated heterocycles. The Hall–Kier alpha value is -2.77. The van der Waals surface area contributed by atoms with Gasteiger partial charge in [-0.1, -0.05) is 108 Å². The Bertz CT molecular complexity index is 1490. The fourth-order valence-corrected chi connectivity index (χ4v) is 10.4. The third kappa shape index (κ3) is 3.75. The Morgan fingerprint density at radius 1 is 0.810 bits per heavy atom. The van der Waals surface area contributed by atoms with E-state index >= 15 is 0 Å². The summed E-state index contributed by atoms with van der Waals surface area (Å²) in [5, 5.41) is 0. The number of anilines is 1. The number of nitrogens with zero attached hydrogens (tertiary/aromatic N) is 1. The molecule has 4 aliphatic carbocycles. The second-order valence-corrected chi connectivity index (χ2v) is 15.3. The van der Waals surface area contributed by atoms with Gasteiger partial charge in [0.25, 0.3) is 0 Å². The first kappa shape index (κ1) is 28.0. The van der Waals surface area contributed by atoms with Crippen LogP contribution in [0, 0.1) is 29.6 Å². The molecule has 7 heteroatoms. The summed E-state index contributed by atoms with van der Waals surface area (Å²) in [6, 6.07) is 22.8. The van der Waals surface area contributed by atoms with Crippen molar-refractivity contribution in [2.75, 3.05) is 4.90 Å². The van der Waals surface area contributed by atoms with Gasteiger partial charge in [0.2, 0.25) is 11.8 Å². The highest BCUT2D eigenvalue weighted by Gasteiger charge is 2.72. The molecule has 1 aliphatic heterocycles. The number of carbonyl (C=O) groups is 3. The van der Waals surface area contributed by atoms with Crippen LogP contribution >= 0.6 is 31.9 Å². The lowest BCUT2D eigenvalue weighted by Gasteiger charge is -2.55. The molecule has 0 N–H and O–H groups in total. The summed E-state index contributed by atoms with van der Waals surface area (Å²) in [6.07, 6.45) is 3.00. The summed E-state index contributed by atoms with van der Waals surface area (Å²) in [7, 11) is 0. The van der Waals surface area contributed by atoms with Crippen molar-refractivity contribution in [2.24, 2.45) is 29.6 Å². The number of rotatable bonds is 4. The van der Waals surface area contributed by atoms with Gasteiger partial charge < -0.3 is 4.74 Å². The van der Waals surface area contributed by atoms with Gasteiger partial charge in [-0.15, -0.1) is 0 Å². The van der Waals surface area contributed by atoms with Crippen LogP contribution in [-0.2, 0) is 23.0 Å². The van der Waals surface area contributed by atoms with Crippen LogP contribution in [0.2, 0.25) is 0 Å². The number of amides is 2. The summed E-state index contributed by atoms with van der Waals surface area (Å²) in [5.41, 5.74) is 4.88. The molecule has 42 heavy (non-hydrogen) atoms. The van der Waals surface area contributed by atoms with E-state index in [0.29, 0.717) is 29.0 Å². The van der Waals surface area contributed by atoms with E-state index in [1.54, 1.807) is 24.3 Å². The van der Waals surface area contributed by atoms with Crippen LogP contribution in [0.15, 0.2) is 72.8 Å². The van der Waals surface area contributed by atoms with Crippen LogP contribution in [0.4, 0.5) is 5.69 Å². The highest BCUT2D eigenvalue weighted by molar-refractivity contribution is 9.10. The number of esters is 1. The van der Waals surface area contributed by atoms with Crippen LogP contribution in [0.25, 0.3) is 0 Å². The number of hydrogen-bond acceptors (Lipinski definition) is 4. The molecule has 0 aromatic heterocycles. The van der Waals surface area contributed by atoms with Crippen LogP contribution in [0.5, 0.6) is 0 Å². The van der Waals surface area contributed by atoms with Crippen molar-refractivity contribution in [3.8, 4) is 0 Å². The smallest absolute Gasteiger partial charge is 0.338 e. The summed E-state index contributed by atoms with van der Waals surface area (Å²) in [5.74, 6) is -0.816. The molecule has 1 heterocycles. The predicted octanol–water partition coefficient (Wildman–Crippen LogP) is 7.71. The lowest BCUT2D eigenvalue weighted by molar-refractivity contribution is -0.122. The third-order valence-corrected chi connectivity index (χ3v) is 12.9. The molecule has 2 amide bonds. The fourth-order valence-electron chi connectivity index (χ4n) is 8.12. The van der Waals surface area contributed by atoms with Crippen molar-refractivity contribution >= 4 is 55.3 Å². The normalized spacial score (nSPS) is 32.9. The van der Waals surface area contributed by atoms with Crippen molar-refractivity contribution in [3.05, 3.63) is 101 Å². The third-order valence-electron chi connectivity index (χ3n) is 10.2. The highest BCUT2D eigenvalue weighted by atomic mass is 79.9. The van der Waals surface area contributed by atoms with E-state index in [1.165, 1.54) is 4.90 Å². The largest absolute Gasteiger partial charge is 0.458 e. The van der Waals surface area contributed by atoms with Crippen LogP contribution in [0.1, 0.15) is 72.6 Å². The Morgan fingerprint density at radius 3 is 1.74 bits per heavy atom. The molecule has 1 saturated carbocycles. The van der Waals surface area contributed by atoms with E-state index in [1.807, 2.05) is 48.5 Å². The lowest BCUT2D eigenvalue weighted by Crippen LogP contribution is -2.56. The van der Waals surface area contributed by atoms with Crippen molar-refractivity contribution in [1.82, 2.24) is 0 Å². The number of hydrogen-bond donors (Lipinski definition) is 0. The zero-order valence-electron chi connectivity index (χ0n) is 23.8. The Balaban J connectivity index is 1.21. The molecular formula is C35H33Br2NO4. The van der Waals surface area contributed by atoms with Gasteiger partial charge in [0.15, 0.2) is 0 Å². The molecule has 8 rings (SSSR count). The number of carbonyl (C=O) groups excluding carboxylic acids is 3. The van der Waals surface area contributed by atoms with Gasteiger partial charge in [-0.2, -0.15) is 0 Å². The fraction of sp³-hybridized carbons (Fsp3) is 0.400. The molecular weight excluding hydrogens is 658 g/mol. The van der Waals surface area contributed by atoms with Gasteiger partial charge in [-0.3, -0.25) is 9.59 Å². The first-order valence-corrected chi connectivity index (χ1v) is 16.4. The predicted molar refractivity (Wildman–Crippen MR) is 169 cm³/mol. The Kier molecular flexibility index (Phi) is 6.59. The molecule has 3 aromatic carbocycles. The second kappa shape index (κ2) is 9.88. The van der Waals surface area contributed by atoms with Gasteiger partial charge in [0.05, 0.1) is 31.7 Å². The minimum Gasteiger partial charge on any atom is -0.458 e. The first-order chi connectivity index (χ1) is 20.1. The average molecular weight is 691 g/mol. The maximum atomic E-state index is 14.3. The Morgan fingerprint density at radius 2 is 1.29 bits per heavy atom. The van der Waals surface area contributed by atoms with Crippen LogP contribution in [-0.4, -0.2) is 23.9 Å². The van der Waals surface area contributed by atoms with Crippen molar-refractivity contribution < 1.29 is 19.1 Å². The van der Waals surface area contributed by atoms with E-state index in [2.05, 4.69) is 52.6 Å². The first-order valence-electron chi connectivity index (χ1n) is 14.8. The molecule has 5 atom stereocenters. The summed E-state index contributed by atoms with van der Waals surface area (Å²) in [4.78, 5) is 43.1. The van der Waals surface area contributed by atoms with E-state index in [-0.39, 0.29) is 23.9 Å². The summed E-state index contributed by atoms with van der Waals surface area (Å²) in [6.45, 7) is 6.59. The quantitative estimate of drug-likeness (QED) is 0.160. The van der Waals surface area contributed by atoms with E-state index < -0.39 is 20.5 Å². The average Bonchev–Trinajstić information content (AvgIpc) is 3.26. The zero-order chi connectivity index (χ0) is 29.6. The topological polar surface area (TPSA) is 63.7 Å². The molecule has 216 valence electrons. The SMILES string of the molecule is CC(C)[C@H]1CC[C@@H](C)C[C@H]1OC(=O)c1ccc(N2C(=O)[C@H]3[C@H](C2=O)C2(Br)c4ccccc4C3(Br)c3ccccc32)cc1. The number of imide groups is 1. The molecule has 0 unspecified atom stereocenters. The standard InChI is InChI=1S/C35H33Br2NO4/c1-19(2)23-17-12-20(3)18-28(23)42-33(41)21-13-15-22(16-14-21)38-31(39)29-30(32(38)40)35(37)25-9-5-4-8-24(25)34(29,36)26-10-6-7-11-27(26)35/h4-11,13-16,19-20,23,28-30H,12,17-18H2,1-3H3/t20-,23-,28-,29-,30-,34?,35?/m1/s1. The van der Waals surface area contributed by atoms with E-state index in [4.69, 9.17) is 4.74 Å². The molecule has 5 nitrogen and oxygen atoms in total. The Labute approximate surface area is 263 Å². The molecule has 0 spiro atoms. The number of benzene rings is 3. The van der Waals surface area contributed by atoms with Gasteiger partial charge >= 0.3 is 5.97 Å². The monoisotopic (exact) mass is 689 g/mol. The minimum absolute atomic E-state index is 0.102. The van der Waals surface area contributed by atoms with Crippen LogP contribution in [0.3, 0.4) is 0 Å².